The maximum absolute atomic E-state index is 11.6. The molecule has 0 unspecified atom stereocenters. The molecule has 11 heteroatoms. The van der Waals surface area contributed by atoms with Gasteiger partial charge >= 0.3 is 5.76 Å². The van der Waals surface area contributed by atoms with E-state index in [4.69, 9.17) is 9.51 Å². The molecule has 2 fully saturated rings. The van der Waals surface area contributed by atoms with E-state index in [1.807, 2.05) is 17.1 Å². The van der Waals surface area contributed by atoms with Crippen molar-refractivity contribution in [2.24, 2.45) is 16.8 Å². The Balaban J connectivity index is 1.57. The van der Waals surface area contributed by atoms with Crippen molar-refractivity contribution < 1.29 is 4.52 Å². The molecule has 5 rings (SSSR count). The molecule has 0 saturated heterocycles. The molecule has 11 nitrogen and oxygen atoms in total. The number of aromatic nitrogens is 6. The first kappa shape index (κ1) is 23.3. The number of nitrogens with one attached hydrogen (secondary N) is 2. The summed E-state index contributed by atoms with van der Waals surface area (Å²) < 4.78 is 6.74. The van der Waals surface area contributed by atoms with Gasteiger partial charge in [-0.2, -0.15) is 0 Å². The highest BCUT2D eigenvalue weighted by Crippen LogP contribution is 2.39. The molecule has 3 heterocycles. The predicted octanol–water partition coefficient (Wildman–Crippen LogP) is 3.99. The van der Waals surface area contributed by atoms with Crippen LogP contribution < -0.4 is 16.0 Å². The minimum Gasteiger partial charge on any atom is -0.365 e. The third-order valence-corrected chi connectivity index (χ3v) is 7.30. The Labute approximate surface area is 204 Å². The highest BCUT2D eigenvalue weighted by Gasteiger charge is 2.29. The summed E-state index contributed by atoms with van der Waals surface area (Å²) >= 11 is 0. The second-order valence-corrected chi connectivity index (χ2v) is 9.74. The summed E-state index contributed by atoms with van der Waals surface area (Å²) in [6.45, 7) is 7.45. The molecule has 2 aliphatic rings. The first-order chi connectivity index (χ1) is 17.1. The second kappa shape index (κ2) is 10.4. The van der Waals surface area contributed by atoms with Crippen molar-refractivity contribution in [2.45, 2.75) is 71.0 Å². The topological polar surface area (TPSA) is 130 Å². The van der Waals surface area contributed by atoms with Gasteiger partial charge in [0.05, 0.1) is 13.0 Å². The van der Waals surface area contributed by atoms with Gasteiger partial charge in [-0.3, -0.25) is 9.51 Å². The van der Waals surface area contributed by atoms with Crippen LogP contribution >= 0.6 is 0 Å². The number of aliphatic imine (C=N–C) groups is 1. The van der Waals surface area contributed by atoms with E-state index in [1.165, 1.54) is 51.4 Å². The molecule has 2 aliphatic carbocycles. The van der Waals surface area contributed by atoms with Crippen molar-refractivity contribution in [3.8, 4) is 11.6 Å². The van der Waals surface area contributed by atoms with Gasteiger partial charge in [0.15, 0.2) is 11.6 Å². The monoisotopic (exact) mass is 479 g/mol. The molecule has 0 aromatic carbocycles. The van der Waals surface area contributed by atoms with Crippen LogP contribution in [0.15, 0.2) is 33.0 Å². The lowest BCUT2D eigenvalue weighted by Gasteiger charge is -2.35. The minimum absolute atomic E-state index is 0.166. The average molecular weight is 480 g/mol. The number of anilines is 2. The van der Waals surface area contributed by atoms with Gasteiger partial charge in [0, 0.05) is 25.0 Å². The van der Waals surface area contributed by atoms with Crippen LogP contribution in [-0.4, -0.2) is 49.0 Å². The molecule has 3 aromatic rings. The summed E-state index contributed by atoms with van der Waals surface area (Å²) in [5.74, 6) is 2.03. The standard InChI is InChI=1S/C24H33N9O2/c1-16(18-9-6-10-18)27-21-19(20(25-2)28-22(29-21)23-30-24(34)35-31-23)33(15-32-12-11-26-14-32)13-17-7-4-3-5-8-17/h11-12,14,16-18H,2-10,13,15H2,1H3,(H,27,28,29)(H,30,31,34)/t16-/m1/s1. The molecule has 186 valence electrons. The fourth-order valence-electron chi connectivity index (χ4n) is 5.12. The number of hydrogen-bond acceptors (Lipinski definition) is 9. The van der Waals surface area contributed by atoms with Crippen molar-refractivity contribution in [1.29, 1.82) is 0 Å². The van der Waals surface area contributed by atoms with Gasteiger partial charge in [-0.1, -0.05) is 30.8 Å². The fraction of sp³-hybridized carbons (Fsp3) is 0.583. The zero-order valence-electron chi connectivity index (χ0n) is 20.2. The minimum atomic E-state index is -0.655. The smallest absolute Gasteiger partial charge is 0.365 e. The van der Waals surface area contributed by atoms with E-state index in [1.54, 1.807) is 6.20 Å². The van der Waals surface area contributed by atoms with E-state index >= 15 is 0 Å². The Morgan fingerprint density at radius 1 is 1.26 bits per heavy atom. The van der Waals surface area contributed by atoms with Crippen molar-refractivity contribution in [2.75, 3.05) is 16.8 Å². The number of imidazole rings is 1. The highest BCUT2D eigenvalue weighted by atomic mass is 16.5. The van der Waals surface area contributed by atoms with Crippen LogP contribution in [0.1, 0.15) is 58.3 Å². The molecular weight excluding hydrogens is 446 g/mol. The third kappa shape index (κ3) is 5.28. The van der Waals surface area contributed by atoms with Crippen molar-refractivity contribution in [3.05, 3.63) is 29.3 Å². The van der Waals surface area contributed by atoms with Crippen LogP contribution in [0, 0.1) is 11.8 Å². The van der Waals surface area contributed by atoms with Gasteiger partial charge in [-0.15, -0.1) is 0 Å². The summed E-state index contributed by atoms with van der Waals surface area (Å²) in [4.78, 5) is 34.4. The molecular formula is C24H33N9O2. The SMILES string of the molecule is C=Nc1nc(-c2noc(=O)[nH]2)nc(N[C@H](C)C2CCC2)c1N(CC1CCCCC1)Cn1ccnc1. The number of H-pyrrole nitrogens is 1. The molecule has 0 bridgehead atoms. The Bertz CT molecular complexity index is 1180. The van der Waals surface area contributed by atoms with Crippen LogP contribution in [0.5, 0.6) is 0 Å². The lowest BCUT2D eigenvalue weighted by molar-refractivity contribution is 0.285. The Hall–Kier alpha value is -3.50. The van der Waals surface area contributed by atoms with E-state index in [-0.39, 0.29) is 17.7 Å². The largest absolute Gasteiger partial charge is 0.439 e. The van der Waals surface area contributed by atoms with Crippen molar-refractivity contribution in [1.82, 2.24) is 29.7 Å². The van der Waals surface area contributed by atoms with Crippen LogP contribution in [0.4, 0.5) is 17.3 Å². The van der Waals surface area contributed by atoms with Crippen LogP contribution in [0.25, 0.3) is 11.6 Å². The Morgan fingerprint density at radius 3 is 2.71 bits per heavy atom. The van der Waals surface area contributed by atoms with Crippen LogP contribution in [-0.2, 0) is 6.67 Å². The van der Waals surface area contributed by atoms with Gasteiger partial charge in [0.25, 0.3) is 0 Å². The maximum atomic E-state index is 11.6. The number of rotatable bonds is 10. The third-order valence-electron chi connectivity index (χ3n) is 7.30. The Morgan fingerprint density at radius 2 is 2.09 bits per heavy atom. The lowest BCUT2D eigenvalue weighted by atomic mass is 9.80. The maximum Gasteiger partial charge on any atom is 0.439 e. The molecule has 2 N–H and O–H groups in total. The highest BCUT2D eigenvalue weighted by molar-refractivity contribution is 5.79. The second-order valence-electron chi connectivity index (χ2n) is 9.74. The predicted molar refractivity (Wildman–Crippen MR) is 134 cm³/mol. The van der Waals surface area contributed by atoms with Crippen molar-refractivity contribution in [3.63, 3.8) is 0 Å². The Kier molecular flexibility index (Phi) is 6.91. The summed E-state index contributed by atoms with van der Waals surface area (Å²) in [5, 5.41) is 7.43. The first-order valence-electron chi connectivity index (χ1n) is 12.5. The molecule has 0 aliphatic heterocycles. The molecule has 2 saturated carbocycles. The molecule has 0 spiro atoms. The zero-order chi connectivity index (χ0) is 24.2. The molecule has 0 amide bonds. The summed E-state index contributed by atoms with van der Waals surface area (Å²) in [5.41, 5.74) is 0.806. The van der Waals surface area contributed by atoms with Gasteiger partial charge < -0.3 is 14.8 Å². The van der Waals surface area contributed by atoms with E-state index in [0.717, 1.165) is 12.2 Å². The number of nitrogens with zero attached hydrogens (tertiary/aromatic N) is 7. The van der Waals surface area contributed by atoms with E-state index in [9.17, 15) is 4.79 Å². The van der Waals surface area contributed by atoms with E-state index in [0.29, 0.717) is 30.1 Å². The van der Waals surface area contributed by atoms with Gasteiger partial charge in [-0.05, 0) is 51.2 Å². The van der Waals surface area contributed by atoms with Crippen LogP contribution in [0.3, 0.4) is 0 Å². The van der Waals surface area contributed by atoms with Crippen LogP contribution in [0.2, 0.25) is 0 Å². The summed E-state index contributed by atoms with van der Waals surface area (Å²) in [7, 11) is 0. The molecule has 3 aromatic heterocycles. The average Bonchev–Trinajstić information content (AvgIpc) is 3.49. The molecule has 35 heavy (non-hydrogen) atoms. The normalized spacial score (nSPS) is 17.6. The first-order valence-corrected chi connectivity index (χ1v) is 12.5. The zero-order valence-corrected chi connectivity index (χ0v) is 20.2. The summed E-state index contributed by atoms with van der Waals surface area (Å²) in [6.07, 6.45) is 15.4. The molecule has 1 atom stereocenters. The van der Waals surface area contributed by atoms with Crippen molar-refractivity contribution >= 4 is 24.0 Å². The fourth-order valence-corrected chi connectivity index (χ4v) is 5.12. The van der Waals surface area contributed by atoms with Gasteiger partial charge in [0.1, 0.15) is 5.69 Å². The van der Waals surface area contributed by atoms with E-state index < -0.39 is 5.76 Å². The van der Waals surface area contributed by atoms with Gasteiger partial charge in [-0.25, -0.2) is 24.7 Å². The molecule has 0 radical (unpaired) electrons. The number of hydrogen-bond donors (Lipinski definition) is 2. The van der Waals surface area contributed by atoms with Gasteiger partial charge in [0.2, 0.25) is 11.6 Å². The quantitative estimate of drug-likeness (QED) is 0.417. The lowest BCUT2D eigenvalue weighted by Crippen LogP contribution is -2.35. The number of aromatic amines is 1. The van der Waals surface area contributed by atoms with E-state index in [2.05, 4.69) is 49.0 Å². The summed E-state index contributed by atoms with van der Waals surface area (Å²) in [6, 6.07) is 0.226.